The van der Waals surface area contributed by atoms with Crippen molar-refractivity contribution in [1.29, 1.82) is 0 Å². The molecule has 8 heteroatoms. The van der Waals surface area contributed by atoms with Crippen molar-refractivity contribution < 1.29 is 32.6 Å². The van der Waals surface area contributed by atoms with Crippen LogP contribution in [0.5, 0.6) is 0 Å². The van der Waals surface area contributed by atoms with Gasteiger partial charge in [0.1, 0.15) is 18.7 Å². The average Bonchev–Trinajstić information content (AvgIpc) is 2.91. The first-order valence-corrected chi connectivity index (χ1v) is 6.59. The van der Waals surface area contributed by atoms with Gasteiger partial charge in [-0.2, -0.15) is 13.2 Å². The summed E-state index contributed by atoms with van der Waals surface area (Å²) in [6.45, 7) is -0.215. The number of rotatable bonds is 3. The molecule has 1 heterocycles. The number of benzene rings is 1. The monoisotopic (exact) mass is 317 g/mol. The lowest BCUT2D eigenvalue weighted by atomic mass is 10.2. The van der Waals surface area contributed by atoms with E-state index in [1.54, 1.807) is 30.3 Å². The lowest BCUT2D eigenvalue weighted by molar-refractivity contribution is -0.177. The Morgan fingerprint density at radius 2 is 1.86 bits per heavy atom. The number of carbonyl (C=O) groups is 2. The molecule has 1 aliphatic heterocycles. The van der Waals surface area contributed by atoms with Crippen molar-refractivity contribution in [3.8, 4) is 0 Å². The van der Waals surface area contributed by atoms with Crippen molar-refractivity contribution in [2.24, 2.45) is 0 Å². The summed E-state index contributed by atoms with van der Waals surface area (Å²) in [4.78, 5) is 23.3. The molecule has 0 bridgehead atoms. The number of alkyl halides is 3. The van der Waals surface area contributed by atoms with Gasteiger partial charge in [0.2, 0.25) is 0 Å². The Hall–Kier alpha value is -2.25. The highest BCUT2D eigenvalue weighted by molar-refractivity contribution is 5.81. The smallest absolute Gasteiger partial charge is 0.411 e. The average molecular weight is 317 g/mol. The maximum absolute atomic E-state index is 12.9. The molecule has 22 heavy (non-hydrogen) atoms. The normalized spacial score (nSPS) is 21.7. The van der Waals surface area contributed by atoms with E-state index >= 15 is 0 Å². The Bertz CT molecular complexity index is 547. The minimum atomic E-state index is -4.68. The number of carbonyl (C=O) groups excluding carboxylic acids is 1. The predicted octanol–water partition coefficient (Wildman–Crippen LogP) is 2.80. The number of hydrogen-bond acceptors (Lipinski definition) is 3. The number of carboxylic acids is 1. The first-order valence-electron chi connectivity index (χ1n) is 6.59. The van der Waals surface area contributed by atoms with E-state index < -0.39 is 36.7 Å². The van der Waals surface area contributed by atoms with Crippen LogP contribution in [-0.2, 0) is 16.1 Å². The van der Waals surface area contributed by atoms with Crippen LogP contribution < -0.4 is 0 Å². The SMILES string of the molecule is O=C(O)[C@@H]1CC[C@H](C(F)(F)F)N1C(=O)OCc1ccccc1. The van der Waals surface area contributed by atoms with E-state index in [1.165, 1.54) is 0 Å². The van der Waals surface area contributed by atoms with Crippen molar-refractivity contribution in [2.45, 2.75) is 37.7 Å². The summed E-state index contributed by atoms with van der Waals surface area (Å²) in [6.07, 6.45) is -6.65. The predicted molar refractivity (Wildman–Crippen MR) is 69.0 cm³/mol. The second-order valence-electron chi connectivity index (χ2n) is 4.94. The van der Waals surface area contributed by atoms with Gasteiger partial charge in [0.05, 0.1) is 0 Å². The highest BCUT2D eigenvalue weighted by atomic mass is 19.4. The van der Waals surface area contributed by atoms with Crippen molar-refractivity contribution in [1.82, 2.24) is 4.90 Å². The first kappa shape index (κ1) is 16.1. The number of aliphatic carboxylic acids is 1. The van der Waals surface area contributed by atoms with Gasteiger partial charge in [-0.3, -0.25) is 4.90 Å². The Morgan fingerprint density at radius 3 is 2.41 bits per heavy atom. The zero-order valence-electron chi connectivity index (χ0n) is 11.4. The van der Waals surface area contributed by atoms with E-state index in [4.69, 9.17) is 9.84 Å². The summed E-state index contributed by atoms with van der Waals surface area (Å²) >= 11 is 0. The molecule has 0 spiro atoms. The van der Waals surface area contributed by atoms with E-state index in [-0.39, 0.29) is 17.9 Å². The van der Waals surface area contributed by atoms with Crippen LogP contribution in [0, 0.1) is 0 Å². The molecule has 2 rings (SSSR count). The molecule has 1 N–H and O–H groups in total. The quantitative estimate of drug-likeness (QED) is 0.931. The van der Waals surface area contributed by atoms with Gasteiger partial charge in [-0.15, -0.1) is 0 Å². The molecule has 2 atom stereocenters. The van der Waals surface area contributed by atoms with E-state index in [0.29, 0.717) is 5.56 Å². The van der Waals surface area contributed by atoms with Crippen LogP contribution in [0.15, 0.2) is 30.3 Å². The molecule has 0 unspecified atom stereocenters. The van der Waals surface area contributed by atoms with Gasteiger partial charge in [0, 0.05) is 0 Å². The van der Waals surface area contributed by atoms with Crippen molar-refractivity contribution in [2.75, 3.05) is 0 Å². The lowest BCUT2D eigenvalue weighted by Gasteiger charge is -2.28. The summed E-state index contributed by atoms with van der Waals surface area (Å²) in [5.74, 6) is -1.47. The van der Waals surface area contributed by atoms with Crippen LogP contribution in [0.3, 0.4) is 0 Å². The Morgan fingerprint density at radius 1 is 1.23 bits per heavy atom. The molecule has 1 amide bonds. The number of likely N-dealkylation sites (tertiary alicyclic amines) is 1. The van der Waals surface area contributed by atoms with Crippen molar-refractivity contribution in [3.63, 3.8) is 0 Å². The molecular formula is C14H14F3NO4. The summed E-state index contributed by atoms with van der Waals surface area (Å²) < 4.78 is 43.6. The molecule has 1 aliphatic rings. The standard InChI is InChI=1S/C14H14F3NO4/c15-14(16,17)11-7-6-10(12(19)20)18(11)13(21)22-8-9-4-2-1-3-5-9/h1-5,10-11H,6-8H2,(H,19,20)/t10-,11+/m0/s1. The third kappa shape index (κ3) is 3.49. The molecule has 0 saturated carbocycles. The number of hydrogen-bond donors (Lipinski definition) is 1. The fourth-order valence-electron chi connectivity index (χ4n) is 2.42. The zero-order valence-corrected chi connectivity index (χ0v) is 11.4. The molecule has 1 aromatic rings. The van der Waals surface area contributed by atoms with E-state index in [9.17, 15) is 22.8 Å². The van der Waals surface area contributed by atoms with Gasteiger partial charge < -0.3 is 9.84 Å². The number of nitrogens with zero attached hydrogens (tertiary/aromatic N) is 1. The minimum absolute atomic E-state index is 0.215. The maximum Gasteiger partial charge on any atom is 0.411 e. The highest BCUT2D eigenvalue weighted by Gasteiger charge is 2.54. The van der Waals surface area contributed by atoms with E-state index in [1.807, 2.05) is 0 Å². The fraction of sp³-hybridized carbons (Fsp3) is 0.429. The molecule has 0 aromatic heterocycles. The van der Waals surface area contributed by atoms with Crippen LogP contribution >= 0.6 is 0 Å². The summed E-state index contributed by atoms with van der Waals surface area (Å²) in [6, 6.07) is 4.77. The number of amides is 1. The third-order valence-electron chi connectivity index (χ3n) is 3.46. The lowest BCUT2D eigenvalue weighted by Crippen LogP contribution is -2.50. The number of halogens is 3. The van der Waals surface area contributed by atoms with Crippen LogP contribution in [0.25, 0.3) is 0 Å². The largest absolute Gasteiger partial charge is 0.480 e. The van der Waals surface area contributed by atoms with E-state index in [0.717, 1.165) is 0 Å². The summed E-state index contributed by atoms with van der Waals surface area (Å²) in [5.41, 5.74) is 0.602. The van der Waals surface area contributed by atoms with Gasteiger partial charge in [0.15, 0.2) is 0 Å². The molecule has 1 saturated heterocycles. The molecular weight excluding hydrogens is 303 g/mol. The van der Waals surface area contributed by atoms with Crippen LogP contribution in [0.1, 0.15) is 18.4 Å². The highest BCUT2D eigenvalue weighted by Crippen LogP contribution is 2.36. The van der Waals surface area contributed by atoms with E-state index in [2.05, 4.69) is 0 Å². The van der Waals surface area contributed by atoms with Gasteiger partial charge in [-0.1, -0.05) is 30.3 Å². The van der Waals surface area contributed by atoms with Crippen molar-refractivity contribution >= 4 is 12.1 Å². The second-order valence-corrected chi connectivity index (χ2v) is 4.94. The molecule has 0 aliphatic carbocycles. The summed E-state index contributed by atoms with van der Waals surface area (Å²) in [7, 11) is 0. The Kier molecular flexibility index (Phi) is 4.58. The maximum atomic E-state index is 12.9. The molecule has 5 nitrogen and oxygen atoms in total. The number of carboxylic acid groups (broad SMARTS) is 1. The fourth-order valence-corrected chi connectivity index (χ4v) is 2.42. The molecule has 0 radical (unpaired) electrons. The van der Waals surface area contributed by atoms with Gasteiger partial charge in [-0.05, 0) is 18.4 Å². The Labute approximate surface area is 124 Å². The number of ether oxygens (including phenoxy) is 1. The van der Waals surface area contributed by atoms with Crippen LogP contribution in [0.4, 0.5) is 18.0 Å². The van der Waals surface area contributed by atoms with Crippen LogP contribution in [0.2, 0.25) is 0 Å². The molecule has 120 valence electrons. The van der Waals surface area contributed by atoms with Gasteiger partial charge in [0.25, 0.3) is 0 Å². The zero-order chi connectivity index (χ0) is 16.3. The summed E-state index contributed by atoms with van der Waals surface area (Å²) in [5, 5.41) is 8.98. The topological polar surface area (TPSA) is 66.8 Å². The molecule has 1 aromatic carbocycles. The Balaban J connectivity index is 2.10. The van der Waals surface area contributed by atoms with Crippen molar-refractivity contribution in [3.05, 3.63) is 35.9 Å². The molecule has 1 fully saturated rings. The first-order chi connectivity index (χ1) is 10.3. The third-order valence-corrected chi connectivity index (χ3v) is 3.46. The van der Waals surface area contributed by atoms with Gasteiger partial charge in [-0.25, -0.2) is 9.59 Å². The second kappa shape index (κ2) is 6.25. The van der Waals surface area contributed by atoms with Gasteiger partial charge >= 0.3 is 18.2 Å². The minimum Gasteiger partial charge on any atom is -0.480 e. The van der Waals surface area contributed by atoms with Crippen LogP contribution in [-0.4, -0.2) is 40.3 Å².